The van der Waals surface area contributed by atoms with Crippen molar-refractivity contribution in [1.82, 2.24) is 0 Å². The van der Waals surface area contributed by atoms with Crippen LogP contribution < -0.4 is 29.0 Å². The lowest BCUT2D eigenvalue weighted by molar-refractivity contribution is -0.111. The molecule has 0 bridgehead atoms. The van der Waals surface area contributed by atoms with E-state index in [2.05, 4.69) is 5.32 Å². The quantitative estimate of drug-likeness (QED) is 0.295. The van der Waals surface area contributed by atoms with Crippen LogP contribution in [0, 0.1) is 0 Å². The normalized spacial score (nSPS) is 10.9. The number of ether oxygens (including phenoxy) is 5. The van der Waals surface area contributed by atoms with Crippen LogP contribution in [0.15, 0.2) is 54.6 Å². The van der Waals surface area contributed by atoms with Gasteiger partial charge < -0.3 is 34.1 Å². The van der Waals surface area contributed by atoms with Crippen LogP contribution in [0.5, 0.6) is 34.5 Å². The number of rotatable bonds is 10. The highest BCUT2D eigenvalue weighted by Gasteiger charge is 2.15. The van der Waals surface area contributed by atoms with Gasteiger partial charge >= 0.3 is 0 Å². The molecule has 0 aliphatic carbocycles. The van der Waals surface area contributed by atoms with E-state index >= 15 is 0 Å². The maximum absolute atomic E-state index is 12.6. The summed E-state index contributed by atoms with van der Waals surface area (Å²) in [5, 5.41) is 12.4. The Morgan fingerprint density at radius 1 is 0.694 bits per heavy atom. The van der Waals surface area contributed by atoms with E-state index in [1.165, 1.54) is 20.3 Å². The molecule has 1 amide bonds. The van der Waals surface area contributed by atoms with E-state index in [0.29, 0.717) is 40.0 Å². The Morgan fingerprint density at radius 2 is 1.25 bits per heavy atom. The van der Waals surface area contributed by atoms with Crippen molar-refractivity contribution in [3.63, 3.8) is 0 Å². The lowest BCUT2D eigenvalue weighted by Crippen LogP contribution is -2.09. The molecule has 0 radical (unpaired) electrons. The Morgan fingerprint density at radius 3 is 1.78 bits per heavy atom. The minimum atomic E-state index is -0.371. The number of anilines is 1. The number of methoxy groups -OCH3 is 5. The van der Waals surface area contributed by atoms with Gasteiger partial charge in [0.05, 0.1) is 41.2 Å². The minimum Gasteiger partial charge on any atom is -0.508 e. The van der Waals surface area contributed by atoms with Crippen molar-refractivity contribution in [2.45, 2.75) is 0 Å². The van der Waals surface area contributed by atoms with Crippen LogP contribution in [0.25, 0.3) is 18.2 Å². The molecule has 188 valence electrons. The topological polar surface area (TPSA) is 95.5 Å². The summed E-state index contributed by atoms with van der Waals surface area (Å²) < 4.78 is 27.2. The molecule has 2 N–H and O–H groups in total. The van der Waals surface area contributed by atoms with Crippen molar-refractivity contribution < 1.29 is 33.6 Å². The van der Waals surface area contributed by atoms with Gasteiger partial charge in [-0.05, 0) is 59.2 Å². The maximum atomic E-state index is 12.6. The maximum Gasteiger partial charge on any atom is 0.248 e. The Kier molecular flexibility index (Phi) is 8.83. The zero-order valence-corrected chi connectivity index (χ0v) is 20.8. The molecule has 0 aliphatic heterocycles. The molecule has 0 spiro atoms. The standard InChI is InChI=1S/C28H29NO7/c1-32-23-15-19(9-10-20-16-24(33-2)28(36-5)25(17-20)34-3)14-22(27(23)35-4)29-26(31)12-11-18-7-6-8-21(30)13-18/h6-17,30H,1-5H3,(H,29,31)/b10-9+,12-11+. The predicted octanol–water partition coefficient (Wildman–Crippen LogP) is 5.26. The number of amides is 1. The summed E-state index contributed by atoms with van der Waals surface area (Å²) in [6, 6.07) is 13.8. The summed E-state index contributed by atoms with van der Waals surface area (Å²) in [5.74, 6) is 2.18. The smallest absolute Gasteiger partial charge is 0.248 e. The lowest BCUT2D eigenvalue weighted by Gasteiger charge is -2.14. The third-order valence-corrected chi connectivity index (χ3v) is 5.21. The molecule has 0 aromatic heterocycles. The molecule has 3 aromatic carbocycles. The molecule has 3 rings (SSSR count). The van der Waals surface area contributed by atoms with Crippen molar-refractivity contribution in [3.8, 4) is 34.5 Å². The summed E-state index contributed by atoms with van der Waals surface area (Å²) in [4.78, 5) is 12.6. The van der Waals surface area contributed by atoms with Crippen molar-refractivity contribution in [2.24, 2.45) is 0 Å². The van der Waals surface area contributed by atoms with E-state index in [0.717, 1.165) is 11.1 Å². The van der Waals surface area contributed by atoms with Crippen LogP contribution >= 0.6 is 0 Å². The van der Waals surface area contributed by atoms with Crippen LogP contribution in [0.2, 0.25) is 0 Å². The average molecular weight is 492 g/mol. The Labute approximate surface area is 210 Å². The van der Waals surface area contributed by atoms with Gasteiger partial charge in [-0.25, -0.2) is 0 Å². The summed E-state index contributed by atoms with van der Waals surface area (Å²) >= 11 is 0. The van der Waals surface area contributed by atoms with Gasteiger partial charge in [0.15, 0.2) is 23.0 Å². The molecular formula is C28H29NO7. The van der Waals surface area contributed by atoms with E-state index in [1.807, 2.05) is 24.3 Å². The molecule has 8 nitrogen and oxygen atoms in total. The summed E-state index contributed by atoms with van der Waals surface area (Å²) in [6.07, 6.45) is 6.71. The molecule has 0 atom stereocenters. The molecule has 0 aliphatic rings. The van der Waals surface area contributed by atoms with Gasteiger partial charge in [0.1, 0.15) is 5.75 Å². The number of carbonyl (C=O) groups excluding carboxylic acids is 1. The lowest BCUT2D eigenvalue weighted by atomic mass is 10.1. The van der Waals surface area contributed by atoms with Crippen molar-refractivity contribution in [1.29, 1.82) is 0 Å². The Bertz CT molecular complexity index is 1260. The summed E-state index contributed by atoms with van der Waals surface area (Å²) in [7, 11) is 7.69. The number of benzene rings is 3. The van der Waals surface area contributed by atoms with E-state index in [-0.39, 0.29) is 11.7 Å². The zero-order valence-electron chi connectivity index (χ0n) is 20.8. The van der Waals surface area contributed by atoms with Crippen molar-refractivity contribution in [2.75, 3.05) is 40.9 Å². The third-order valence-electron chi connectivity index (χ3n) is 5.21. The molecule has 0 unspecified atom stereocenters. The Hall–Kier alpha value is -4.59. The van der Waals surface area contributed by atoms with Gasteiger partial charge in [0, 0.05) is 6.08 Å². The number of nitrogens with one attached hydrogen (secondary N) is 1. The van der Waals surface area contributed by atoms with Crippen molar-refractivity contribution in [3.05, 3.63) is 71.3 Å². The van der Waals surface area contributed by atoms with Crippen LogP contribution in [0.4, 0.5) is 5.69 Å². The number of phenols is 1. The first-order valence-corrected chi connectivity index (χ1v) is 10.9. The van der Waals surface area contributed by atoms with Crippen LogP contribution in [-0.4, -0.2) is 46.6 Å². The van der Waals surface area contributed by atoms with Crippen molar-refractivity contribution >= 4 is 29.8 Å². The van der Waals surface area contributed by atoms with Crippen LogP contribution in [0.3, 0.4) is 0 Å². The van der Waals surface area contributed by atoms with E-state index < -0.39 is 0 Å². The highest BCUT2D eigenvalue weighted by Crippen LogP contribution is 2.40. The van der Waals surface area contributed by atoms with Gasteiger partial charge in [-0.2, -0.15) is 0 Å². The SMILES string of the molecule is COc1cc(/C=C/c2cc(OC)c(OC)c(OC)c2)cc(NC(=O)/C=C/c2cccc(O)c2)c1OC. The number of hydrogen-bond donors (Lipinski definition) is 2. The van der Waals surface area contributed by atoms with Gasteiger partial charge in [-0.3, -0.25) is 4.79 Å². The number of aromatic hydroxyl groups is 1. The average Bonchev–Trinajstić information content (AvgIpc) is 2.89. The van der Waals surface area contributed by atoms with Gasteiger partial charge in [-0.1, -0.05) is 24.3 Å². The third kappa shape index (κ3) is 6.29. The monoisotopic (exact) mass is 491 g/mol. The molecule has 0 fully saturated rings. The van der Waals surface area contributed by atoms with E-state index in [4.69, 9.17) is 23.7 Å². The van der Waals surface area contributed by atoms with Gasteiger partial charge in [-0.15, -0.1) is 0 Å². The number of carbonyl (C=O) groups is 1. The summed E-state index contributed by atoms with van der Waals surface area (Å²) in [6.45, 7) is 0. The molecular weight excluding hydrogens is 462 g/mol. The molecule has 8 heteroatoms. The molecule has 0 saturated heterocycles. The fourth-order valence-corrected chi connectivity index (χ4v) is 3.54. The number of hydrogen-bond acceptors (Lipinski definition) is 7. The fraction of sp³-hybridized carbons (Fsp3) is 0.179. The largest absolute Gasteiger partial charge is 0.508 e. The second-order valence-corrected chi connectivity index (χ2v) is 7.51. The van der Waals surface area contributed by atoms with Crippen LogP contribution in [0.1, 0.15) is 16.7 Å². The Balaban J connectivity index is 1.91. The first-order valence-electron chi connectivity index (χ1n) is 10.9. The molecule has 3 aromatic rings. The predicted molar refractivity (Wildman–Crippen MR) is 140 cm³/mol. The number of phenolic OH excluding ortho intramolecular Hbond substituents is 1. The fourth-order valence-electron chi connectivity index (χ4n) is 3.54. The molecule has 36 heavy (non-hydrogen) atoms. The van der Waals surface area contributed by atoms with Gasteiger partial charge in [0.25, 0.3) is 0 Å². The summed E-state index contributed by atoms with van der Waals surface area (Å²) in [5.41, 5.74) is 2.70. The van der Waals surface area contributed by atoms with Gasteiger partial charge in [0.2, 0.25) is 11.7 Å². The minimum absolute atomic E-state index is 0.121. The highest BCUT2D eigenvalue weighted by molar-refractivity contribution is 6.03. The highest BCUT2D eigenvalue weighted by atomic mass is 16.5. The molecule has 0 saturated carbocycles. The first kappa shape index (κ1) is 26.0. The van der Waals surface area contributed by atoms with E-state index in [9.17, 15) is 9.90 Å². The van der Waals surface area contributed by atoms with Crippen LogP contribution in [-0.2, 0) is 4.79 Å². The second-order valence-electron chi connectivity index (χ2n) is 7.51. The zero-order chi connectivity index (χ0) is 26.1. The first-order chi connectivity index (χ1) is 17.4. The molecule has 0 heterocycles. The van der Waals surface area contributed by atoms with E-state index in [1.54, 1.807) is 63.8 Å². The second kappa shape index (κ2) is 12.2.